The SMILES string of the molecule is COC(=O)C(C)n1c(CCl)nc2cc(F)c(Cl)cc21. The summed E-state index contributed by atoms with van der Waals surface area (Å²) in [7, 11) is 1.30. The first-order valence-corrected chi connectivity index (χ1v) is 6.40. The van der Waals surface area contributed by atoms with E-state index in [1.54, 1.807) is 11.5 Å². The lowest BCUT2D eigenvalue weighted by Crippen LogP contribution is -2.19. The van der Waals surface area contributed by atoms with E-state index < -0.39 is 17.8 Å². The summed E-state index contributed by atoms with van der Waals surface area (Å²) < 4.78 is 19.7. The predicted molar refractivity (Wildman–Crippen MR) is 71.0 cm³/mol. The summed E-state index contributed by atoms with van der Waals surface area (Å²) in [5.41, 5.74) is 0.938. The smallest absolute Gasteiger partial charge is 0.328 e. The molecule has 0 aliphatic heterocycles. The van der Waals surface area contributed by atoms with Crippen molar-refractivity contribution in [2.24, 2.45) is 0 Å². The highest BCUT2D eigenvalue weighted by Crippen LogP contribution is 2.27. The number of alkyl halides is 1. The Balaban J connectivity index is 2.70. The van der Waals surface area contributed by atoms with Crippen molar-refractivity contribution in [3.05, 3.63) is 28.8 Å². The van der Waals surface area contributed by atoms with E-state index in [2.05, 4.69) is 4.98 Å². The molecule has 0 aliphatic rings. The Morgan fingerprint density at radius 3 is 2.84 bits per heavy atom. The van der Waals surface area contributed by atoms with Crippen LogP contribution in [-0.4, -0.2) is 22.6 Å². The number of halogens is 3. The van der Waals surface area contributed by atoms with E-state index in [0.717, 1.165) is 0 Å². The molecule has 0 aliphatic carbocycles. The number of esters is 1. The average molecular weight is 305 g/mol. The Hall–Kier alpha value is -1.33. The van der Waals surface area contributed by atoms with Gasteiger partial charge in [0.2, 0.25) is 0 Å². The number of fused-ring (bicyclic) bond motifs is 1. The van der Waals surface area contributed by atoms with Gasteiger partial charge in [-0.15, -0.1) is 11.6 Å². The predicted octanol–water partition coefficient (Wildman–Crippen LogP) is 3.30. The van der Waals surface area contributed by atoms with E-state index in [9.17, 15) is 9.18 Å². The molecule has 7 heteroatoms. The molecule has 1 aromatic heterocycles. The summed E-state index contributed by atoms with van der Waals surface area (Å²) >= 11 is 11.6. The third-order valence-corrected chi connectivity index (χ3v) is 3.38. The van der Waals surface area contributed by atoms with Gasteiger partial charge in [-0.1, -0.05) is 11.6 Å². The highest BCUT2D eigenvalue weighted by molar-refractivity contribution is 6.31. The molecular weight excluding hydrogens is 294 g/mol. The van der Waals surface area contributed by atoms with Gasteiger partial charge in [0, 0.05) is 6.07 Å². The molecule has 1 heterocycles. The van der Waals surface area contributed by atoms with Crippen LogP contribution in [0.4, 0.5) is 4.39 Å². The van der Waals surface area contributed by atoms with Gasteiger partial charge in [-0.2, -0.15) is 0 Å². The lowest BCUT2D eigenvalue weighted by molar-refractivity contribution is -0.143. The molecule has 2 aromatic rings. The summed E-state index contributed by atoms with van der Waals surface area (Å²) in [4.78, 5) is 15.8. The Morgan fingerprint density at radius 2 is 2.26 bits per heavy atom. The Kier molecular flexibility index (Phi) is 3.96. The molecular formula is C12H11Cl2FN2O2. The fraction of sp³-hybridized carbons (Fsp3) is 0.333. The number of nitrogens with zero attached hydrogens (tertiary/aromatic N) is 2. The summed E-state index contributed by atoms with van der Waals surface area (Å²) in [5, 5.41) is -0.0353. The van der Waals surface area contributed by atoms with Gasteiger partial charge in [-0.25, -0.2) is 14.2 Å². The van der Waals surface area contributed by atoms with Crippen LogP contribution in [0.3, 0.4) is 0 Å². The number of rotatable bonds is 3. The minimum atomic E-state index is -0.620. The van der Waals surface area contributed by atoms with E-state index in [4.69, 9.17) is 27.9 Å². The minimum absolute atomic E-state index is 0.0353. The monoisotopic (exact) mass is 304 g/mol. The number of hydrogen-bond acceptors (Lipinski definition) is 3. The van der Waals surface area contributed by atoms with Crippen molar-refractivity contribution in [2.45, 2.75) is 18.8 Å². The van der Waals surface area contributed by atoms with Gasteiger partial charge in [-0.05, 0) is 13.0 Å². The van der Waals surface area contributed by atoms with Gasteiger partial charge in [0.1, 0.15) is 17.7 Å². The molecule has 0 spiro atoms. The summed E-state index contributed by atoms with van der Waals surface area (Å²) in [6, 6.07) is 2.02. The van der Waals surface area contributed by atoms with Crippen molar-refractivity contribution in [1.29, 1.82) is 0 Å². The van der Waals surface area contributed by atoms with Crippen LogP contribution in [0.15, 0.2) is 12.1 Å². The molecule has 0 amide bonds. The maximum atomic E-state index is 13.4. The number of imidazole rings is 1. The first-order chi connectivity index (χ1) is 8.99. The van der Waals surface area contributed by atoms with Crippen molar-refractivity contribution >= 4 is 40.2 Å². The molecule has 0 fully saturated rings. The molecule has 0 N–H and O–H groups in total. The number of hydrogen-bond donors (Lipinski definition) is 0. The zero-order chi connectivity index (χ0) is 14.2. The van der Waals surface area contributed by atoms with Crippen molar-refractivity contribution in [1.82, 2.24) is 9.55 Å². The molecule has 4 nitrogen and oxygen atoms in total. The van der Waals surface area contributed by atoms with Crippen LogP contribution >= 0.6 is 23.2 Å². The second-order valence-electron chi connectivity index (χ2n) is 3.99. The largest absolute Gasteiger partial charge is 0.467 e. The lowest BCUT2D eigenvalue weighted by Gasteiger charge is -2.14. The number of carbonyl (C=O) groups is 1. The van der Waals surface area contributed by atoms with Gasteiger partial charge in [0.15, 0.2) is 0 Å². The van der Waals surface area contributed by atoms with Crippen LogP contribution < -0.4 is 0 Å². The first kappa shape index (κ1) is 14.1. The summed E-state index contributed by atoms with van der Waals surface area (Å²) in [6.45, 7) is 1.65. The van der Waals surface area contributed by atoms with Crippen LogP contribution in [0.2, 0.25) is 5.02 Å². The molecule has 1 unspecified atom stereocenters. The number of methoxy groups -OCH3 is 1. The second kappa shape index (κ2) is 5.35. The van der Waals surface area contributed by atoms with E-state index in [1.807, 2.05) is 0 Å². The molecule has 102 valence electrons. The quantitative estimate of drug-likeness (QED) is 0.645. The number of aromatic nitrogens is 2. The fourth-order valence-electron chi connectivity index (χ4n) is 1.94. The Labute approximate surface area is 119 Å². The zero-order valence-corrected chi connectivity index (χ0v) is 11.8. The highest BCUT2D eigenvalue weighted by atomic mass is 35.5. The molecule has 0 radical (unpaired) electrons. The molecule has 0 saturated heterocycles. The zero-order valence-electron chi connectivity index (χ0n) is 10.3. The number of benzene rings is 1. The van der Waals surface area contributed by atoms with Crippen molar-refractivity contribution < 1.29 is 13.9 Å². The fourth-order valence-corrected chi connectivity index (χ4v) is 2.29. The maximum Gasteiger partial charge on any atom is 0.328 e. The molecule has 1 aromatic carbocycles. The van der Waals surface area contributed by atoms with Gasteiger partial charge in [0.25, 0.3) is 0 Å². The van der Waals surface area contributed by atoms with Crippen LogP contribution in [0.5, 0.6) is 0 Å². The van der Waals surface area contributed by atoms with Crippen molar-refractivity contribution in [3.63, 3.8) is 0 Å². The van der Waals surface area contributed by atoms with Gasteiger partial charge >= 0.3 is 5.97 Å². The summed E-state index contributed by atoms with van der Waals surface area (Å²) in [6.07, 6.45) is 0. The molecule has 19 heavy (non-hydrogen) atoms. The average Bonchev–Trinajstić information content (AvgIpc) is 2.75. The van der Waals surface area contributed by atoms with E-state index in [1.165, 1.54) is 19.2 Å². The minimum Gasteiger partial charge on any atom is -0.467 e. The number of carbonyl (C=O) groups excluding carboxylic acids is 1. The second-order valence-corrected chi connectivity index (χ2v) is 4.66. The molecule has 2 rings (SSSR count). The third-order valence-electron chi connectivity index (χ3n) is 2.85. The third kappa shape index (κ3) is 2.40. The van der Waals surface area contributed by atoms with Crippen molar-refractivity contribution in [2.75, 3.05) is 7.11 Å². The first-order valence-electron chi connectivity index (χ1n) is 5.49. The standard InChI is InChI=1S/C12H11Cl2FN2O2/c1-6(12(18)19-2)17-10-3-7(14)8(15)4-9(10)16-11(17)5-13/h3-4,6H,5H2,1-2H3. The van der Waals surface area contributed by atoms with Crippen LogP contribution in [0.25, 0.3) is 11.0 Å². The summed E-state index contributed by atoms with van der Waals surface area (Å²) in [5.74, 6) is -0.456. The van der Waals surface area contributed by atoms with E-state index in [-0.39, 0.29) is 10.9 Å². The van der Waals surface area contributed by atoms with Gasteiger partial charge in [0.05, 0.1) is 29.0 Å². The lowest BCUT2D eigenvalue weighted by atomic mass is 10.2. The van der Waals surface area contributed by atoms with Crippen LogP contribution in [-0.2, 0) is 15.4 Å². The maximum absolute atomic E-state index is 13.4. The number of ether oxygens (including phenoxy) is 1. The Morgan fingerprint density at radius 1 is 1.58 bits per heavy atom. The molecule has 1 atom stereocenters. The van der Waals surface area contributed by atoms with Crippen LogP contribution in [0.1, 0.15) is 18.8 Å². The topological polar surface area (TPSA) is 44.1 Å². The molecule has 0 saturated carbocycles. The normalized spacial score (nSPS) is 12.7. The van der Waals surface area contributed by atoms with Crippen molar-refractivity contribution in [3.8, 4) is 0 Å². The van der Waals surface area contributed by atoms with E-state index >= 15 is 0 Å². The highest BCUT2D eigenvalue weighted by Gasteiger charge is 2.22. The van der Waals surface area contributed by atoms with Gasteiger partial charge < -0.3 is 9.30 Å². The van der Waals surface area contributed by atoms with E-state index in [0.29, 0.717) is 16.9 Å². The Bertz CT molecular complexity index is 642. The van der Waals surface area contributed by atoms with Gasteiger partial charge in [-0.3, -0.25) is 0 Å². The van der Waals surface area contributed by atoms with Crippen LogP contribution in [0, 0.1) is 5.82 Å². The molecule has 0 bridgehead atoms.